The second-order valence-electron chi connectivity index (χ2n) is 4.82. The summed E-state index contributed by atoms with van der Waals surface area (Å²) in [6.07, 6.45) is 2.41. The van der Waals surface area contributed by atoms with Crippen molar-refractivity contribution in [3.63, 3.8) is 0 Å². The lowest BCUT2D eigenvalue weighted by Gasteiger charge is -2.09. The first-order chi connectivity index (χ1) is 9.35. The number of hydrogen-bond acceptors (Lipinski definition) is 3. The molecule has 2 amide bonds. The van der Waals surface area contributed by atoms with Crippen LogP contribution in [0.2, 0.25) is 0 Å². The highest BCUT2D eigenvalue weighted by Crippen LogP contribution is 2.11. The van der Waals surface area contributed by atoms with Crippen molar-refractivity contribution in [3.05, 3.63) is 36.4 Å². The van der Waals surface area contributed by atoms with Gasteiger partial charge in [0.05, 0.1) is 4.90 Å². The molecule has 20 heavy (non-hydrogen) atoms. The van der Waals surface area contributed by atoms with Crippen LogP contribution in [0.25, 0.3) is 6.08 Å². The number of rotatable bonds is 6. The number of nitrogens with one attached hydrogen (secondary N) is 2. The molecule has 2 N–H and O–H groups in total. The summed E-state index contributed by atoms with van der Waals surface area (Å²) in [5.74, 6) is 0.443. The zero-order valence-electron chi connectivity index (χ0n) is 11.7. The zero-order valence-corrected chi connectivity index (χ0v) is 12.5. The number of benzene rings is 1. The summed E-state index contributed by atoms with van der Waals surface area (Å²) in [4.78, 5) is 11.6. The van der Waals surface area contributed by atoms with Gasteiger partial charge in [-0.25, -0.2) is 17.9 Å². The van der Waals surface area contributed by atoms with Gasteiger partial charge in [-0.1, -0.05) is 38.6 Å². The Morgan fingerprint density at radius 1 is 1.30 bits per heavy atom. The summed E-state index contributed by atoms with van der Waals surface area (Å²) in [7, 11) is -3.83. The molecule has 0 aliphatic heterocycles. The first-order valence-corrected chi connectivity index (χ1v) is 7.86. The number of amides is 2. The fourth-order valence-electron chi connectivity index (χ4n) is 1.47. The van der Waals surface area contributed by atoms with Gasteiger partial charge in [-0.15, -0.1) is 0 Å². The Morgan fingerprint density at radius 3 is 2.40 bits per heavy atom. The SMILES string of the molecule is C=Cc1ccc(S(=O)(=O)NC(=O)NCCC(C)C)cc1. The van der Waals surface area contributed by atoms with Gasteiger partial charge in [0.15, 0.2) is 0 Å². The molecule has 110 valence electrons. The van der Waals surface area contributed by atoms with Crippen molar-refractivity contribution in [1.29, 1.82) is 0 Å². The molecule has 0 fully saturated rings. The Labute approximate surface area is 120 Å². The van der Waals surface area contributed by atoms with E-state index in [2.05, 4.69) is 11.9 Å². The Balaban J connectivity index is 2.64. The van der Waals surface area contributed by atoms with Crippen LogP contribution in [0.3, 0.4) is 0 Å². The Bertz CT molecular complexity index is 563. The van der Waals surface area contributed by atoms with Gasteiger partial charge in [-0.2, -0.15) is 0 Å². The topological polar surface area (TPSA) is 75.3 Å². The molecule has 1 aromatic rings. The van der Waals surface area contributed by atoms with Crippen molar-refractivity contribution in [2.75, 3.05) is 6.54 Å². The first kappa shape index (κ1) is 16.2. The molecule has 0 aromatic heterocycles. The minimum absolute atomic E-state index is 0.0436. The number of carbonyl (C=O) groups is 1. The second kappa shape index (κ2) is 7.09. The monoisotopic (exact) mass is 296 g/mol. The average molecular weight is 296 g/mol. The highest BCUT2D eigenvalue weighted by Gasteiger charge is 2.16. The van der Waals surface area contributed by atoms with Crippen LogP contribution in [-0.4, -0.2) is 21.0 Å². The zero-order chi connectivity index (χ0) is 15.2. The van der Waals surface area contributed by atoms with E-state index in [9.17, 15) is 13.2 Å². The average Bonchev–Trinajstić information content (AvgIpc) is 2.37. The molecular formula is C14H20N2O3S. The smallest absolute Gasteiger partial charge is 0.328 e. The van der Waals surface area contributed by atoms with E-state index in [0.29, 0.717) is 12.5 Å². The fourth-order valence-corrected chi connectivity index (χ4v) is 2.40. The molecule has 0 atom stereocenters. The molecule has 0 saturated heterocycles. The molecule has 0 radical (unpaired) electrons. The number of hydrogen-bond donors (Lipinski definition) is 2. The van der Waals surface area contributed by atoms with Crippen molar-refractivity contribution in [1.82, 2.24) is 10.0 Å². The van der Waals surface area contributed by atoms with Crippen LogP contribution in [0.15, 0.2) is 35.7 Å². The van der Waals surface area contributed by atoms with E-state index in [4.69, 9.17) is 0 Å². The van der Waals surface area contributed by atoms with Crippen molar-refractivity contribution in [2.45, 2.75) is 25.2 Å². The van der Waals surface area contributed by atoms with E-state index in [1.165, 1.54) is 12.1 Å². The predicted octanol–water partition coefficient (Wildman–Crippen LogP) is 2.36. The van der Waals surface area contributed by atoms with Crippen molar-refractivity contribution in [2.24, 2.45) is 5.92 Å². The van der Waals surface area contributed by atoms with Crippen LogP contribution < -0.4 is 10.0 Å². The normalized spacial score (nSPS) is 11.2. The molecule has 0 aliphatic carbocycles. The van der Waals surface area contributed by atoms with Crippen LogP contribution in [0.5, 0.6) is 0 Å². The Hall–Kier alpha value is -1.82. The maximum Gasteiger partial charge on any atom is 0.328 e. The van der Waals surface area contributed by atoms with E-state index in [1.807, 2.05) is 18.6 Å². The molecular weight excluding hydrogens is 276 g/mol. The Morgan fingerprint density at radius 2 is 1.90 bits per heavy atom. The van der Waals surface area contributed by atoms with E-state index >= 15 is 0 Å². The molecule has 0 heterocycles. The third-order valence-electron chi connectivity index (χ3n) is 2.66. The maximum absolute atomic E-state index is 11.9. The summed E-state index contributed by atoms with van der Waals surface area (Å²) in [5, 5.41) is 2.52. The van der Waals surface area contributed by atoms with Crippen molar-refractivity contribution < 1.29 is 13.2 Å². The van der Waals surface area contributed by atoms with E-state index < -0.39 is 16.1 Å². The number of urea groups is 1. The van der Waals surface area contributed by atoms with Gasteiger partial charge in [-0.05, 0) is 30.0 Å². The van der Waals surface area contributed by atoms with Crippen LogP contribution in [0, 0.1) is 5.92 Å². The summed E-state index contributed by atoms with van der Waals surface area (Å²) in [6, 6.07) is 5.40. The molecule has 0 saturated carbocycles. The lowest BCUT2D eigenvalue weighted by Crippen LogP contribution is -2.40. The summed E-state index contributed by atoms with van der Waals surface area (Å²) in [6.45, 7) is 8.08. The first-order valence-electron chi connectivity index (χ1n) is 6.38. The van der Waals surface area contributed by atoms with Gasteiger partial charge in [0.25, 0.3) is 10.0 Å². The number of sulfonamides is 1. The van der Waals surface area contributed by atoms with Crippen LogP contribution >= 0.6 is 0 Å². The van der Waals surface area contributed by atoms with Crippen molar-refractivity contribution in [3.8, 4) is 0 Å². The number of carbonyl (C=O) groups excluding carboxylic acids is 1. The summed E-state index contributed by atoms with van der Waals surface area (Å²) < 4.78 is 25.9. The highest BCUT2D eigenvalue weighted by molar-refractivity contribution is 7.90. The molecule has 0 unspecified atom stereocenters. The highest BCUT2D eigenvalue weighted by atomic mass is 32.2. The molecule has 5 nitrogen and oxygen atoms in total. The van der Waals surface area contributed by atoms with Gasteiger partial charge in [-0.3, -0.25) is 0 Å². The third-order valence-corrected chi connectivity index (χ3v) is 4.01. The lowest BCUT2D eigenvalue weighted by molar-refractivity contribution is 0.245. The van der Waals surface area contributed by atoms with Crippen LogP contribution in [0.4, 0.5) is 4.79 Å². The molecule has 0 aliphatic rings. The predicted molar refractivity (Wildman–Crippen MR) is 79.7 cm³/mol. The van der Waals surface area contributed by atoms with E-state index in [-0.39, 0.29) is 4.90 Å². The largest absolute Gasteiger partial charge is 0.337 e. The van der Waals surface area contributed by atoms with Crippen molar-refractivity contribution >= 4 is 22.1 Å². The second-order valence-corrected chi connectivity index (χ2v) is 6.50. The molecule has 0 bridgehead atoms. The van der Waals surface area contributed by atoms with Gasteiger partial charge >= 0.3 is 6.03 Å². The fraction of sp³-hybridized carbons (Fsp3) is 0.357. The standard InChI is InChI=1S/C14H20N2O3S/c1-4-12-5-7-13(8-6-12)20(18,19)16-14(17)15-10-9-11(2)3/h4-8,11H,1,9-10H2,2-3H3,(H2,15,16,17). The molecule has 6 heteroatoms. The van der Waals surface area contributed by atoms with Gasteiger partial charge in [0.1, 0.15) is 0 Å². The minimum Gasteiger partial charge on any atom is -0.337 e. The molecule has 1 rings (SSSR count). The van der Waals surface area contributed by atoms with Gasteiger partial charge < -0.3 is 5.32 Å². The van der Waals surface area contributed by atoms with E-state index in [1.54, 1.807) is 18.2 Å². The van der Waals surface area contributed by atoms with Crippen LogP contribution in [0.1, 0.15) is 25.8 Å². The van der Waals surface area contributed by atoms with E-state index in [0.717, 1.165) is 12.0 Å². The summed E-state index contributed by atoms with van der Waals surface area (Å²) in [5.41, 5.74) is 0.810. The third kappa shape index (κ3) is 5.05. The molecule has 1 aromatic carbocycles. The lowest BCUT2D eigenvalue weighted by atomic mass is 10.1. The van der Waals surface area contributed by atoms with Gasteiger partial charge in [0.2, 0.25) is 0 Å². The Kier molecular flexibility index (Phi) is 5.76. The van der Waals surface area contributed by atoms with Crippen LogP contribution in [-0.2, 0) is 10.0 Å². The molecule has 0 spiro atoms. The van der Waals surface area contributed by atoms with Gasteiger partial charge in [0, 0.05) is 6.54 Å². The summed E-state index contributed by atoms with van der Waals surface area (Å²) >= 11 is 0. The maximum atomic E-state index is 11.9. The quantitative estimate of drug-likeness (QED) is 0.846. The minimum atomic E-state index is -3.83.